The maximum Gasteiger partial charge on any atom is 0.416 e. The van der Waals surface area contributed by atoms with E-state index in [2.05, 4.69) is 15.7 Å². The Balaban J connectivity index is 1.68. The lowest BCUT2D eigenvalue weighted by Crippen LogP contribution is -2.54. The predicted molar refractivity (Wildman–Crippen MR) is 109 cm³/mol. The zero-order chi connectivity index (χ0) is 22.6. The number of urea groups is 1. The van der Waals surface area contributed by atoms with E-state index in [0.717, 1.165) is 25.0 Å². The summed E-state index contributed by atoms with van der Waals surface area (Å²) in [6, 6.07) is 5.97. The molecule has 3 amide bonds. The lowest BCUT2D eigenvalue weighted by molar-refractivity contribution is -0.137. The Bertz CT molecular complexity index is 951. The van der Waals surface area contributed by atoms with Gasteiger partial charge < -0.3 is 11.1 Å². The summed E-state index contributed by atoms with van der Waals surface area (Å²) >= 11 is 0. The molecule has 31 heavy (non-hydrogen) atoms. The molecule has 2 aromatic rings. The number of nitrogens with two attached hydrogens (primary N) is 1. The highest BCUT2D eigenvalue weighted by Gasteiger charge is 2.32. The van der Waals surface area contributed by atoms with Gasteiger partial charge in [0.25, 0.3) is 0 Å². The summed E-state index contributed by atoms with van der Waals surface area (Å²) in [6.07, 6.45) is 0.288. The Hall–Kier alpha value is -3.14. The Labute approximate surface area is 177 Å². The number of amides is 3. The second-order valence-electron chi connectivity index (χ2n) is 7.78. The third-order valence-corrected chi connectivity index (χ3v) is 5.19. The topological polar surface area (TPSA) is 100 Å². The number of piperidine rings is 1. The number of aromatic nitrogens is 1. The number of hydrogen-bond donors (Lipinski definition) is 3. The number of alkyl halides is 3. The highest BCUT2D eigenvalue weighted by Crippen LogP contribution is 2.30. The number of nitrogens with zero attached hydrogens (tertiary/aromatic N) is 2. The summed E-state index contributed by atoms with van der Waals surface area (Å²) in [7, 11) is 0. The SMILES string of the molecule is C[C@H]1CC[C@H](Cc2cccc(C(F)(F)F)c2)N(NC(=O)Nc2cncc(C(N)=O)c2)C1. The van der Waals surface area contributed by atoms with Crippen molar-refractivity contribution in [2.45, 2.75) is 38.4 Å². The van der Waals surface area contributed by atoms with Crippen molar-refractivity contribution in [2.75, 3.05) is 11.9 Å². The maximum atomic E-state index is 13.0. The first kappa shape index (κ1) is 22.5. The number of hydrogen-bond acceptors (Lipinski definition) is 4. The Morgan fingerprint density at radius 3 is 2.71 bits per heavy atom. The van der Waals surface area contributed by atoms with Crippen molar-refractivity contribution in [3.05, 3.63) is 59.4 Å². The number of rotatable bonds is 5. The number of benzene rings is 1. The zero-order valence-electron chi connectivity index (χ0n) is 16.9. The summed E-state index contributed by atoms with van der Waals surface area (Å²) < 4.78 is 39.1. The normalized spacial score (nSPS) is 19.6. The lowest BCUT2D eigenvalue weighted by atomic mass is 9.91. The van der Waals surface area contributed by atoms with Crippen molar-refractivity contribution in [1.82, 2.24) is 15.4 Å². The fourth-order valence-electron chi connectivity index (χ4n) is 3.64. The number of nitrogens with one attached hydrogen (secondary N) is 2. The van der Waals surface area contributed by atoms with E-state index in [4.69, 9.17) is 5.73 Å². The van der Waals surface area contributed by atoms with E-state index in [1.54, 1.807) is 11.1 Å². The second kappa shape index (κ2) is 9.34. The van der Waals surface area contributed by atoms with Crippen molar-refractivity contribution in [1.29, 1.82) is 0 Å². The molecule has 4 N–H and O–H groups in total. The molecule has 0 radical (unpaired) electrons. The molecule has 10 heteroatoms. The van der Waals surface area contributed by atoms with Crippen molar-refractivity contribution < 1.29 is 22.8 Å². The van der Waals surface area contributed by atoms with Gasteiger partial charge in [-0.15, -0.1) is 0 Å². The van der Waals surface area contributed by atoms with Crippen LogP contribution in [-0.4, -0.2) is 34.5 Å². The molecule has 0 saturated carbocycles. The number of hydrazine groups is 1. The van der Waals surface area contributed by atoms with E-state index in [1.165, 1.54) is 24.5 Å². The summed E-state index contributed by atoms with van der Waals surface area (Å²) in [5.41, 5.74) is 8.33. The summed E-state index contributed by atoms with van der Waals surface area (Å²) in [4.78, 5) is 27.6. The summed E-state index contributed by atoms with van der Waals surface area (Å²) in [5.74, 6) is -0.347. The first-order valence-electron chi connectivity index (χ1n) is 9.87. The highest BCUT2D eigenvalue weighted by molar-refractivity contribution is 5.95. The smallest absolute Gasteiger partial charge is 0.366 e. The van der Waals surface area contributed by atoms with Gasteiger partial charge in [0.05, 0.1) is 23.0 Å². The van der Waals surface area contributed by atoms with Gasteiger partial charge in [-0.3, -0.25) is 15.2 Å². The molecule has 1 aliphatic heterocycles. The molecule has 1 aromatic carbocycles. The van der Waals surface area contributed by atoms with E-state index < -0.39 is 23.7 Å². The van der Waals surface area contributed by atoms with Gasteiger partial charge in [0.2, 0.25) is 5.91 Å². The number of anilines is 1. The van der Waals surface area contributed by atoms with Crippen LogP contribution in [0, 0.1) is 5.92 Å². The third-order valence-electron chi connectivity index (χ3n) is 5.19. The fourth-order valence-corrected chi connectivity index (χ4v) is 3.64. The van der Waals surface area contributed by atoms with Crippen LogP contribution in [0.15, 0.2) is 42.7 Å². The van der Waals surface area contributed by atoms with Crippen molar-refractivity contribution in [3.8, 4) is 0 Å². The molecule has 0 spiro atoms. The monoisotopic (exact) mass is 435 g/mol. The molecule has 1 aliphatic rings. The summed E-state index contributed by atoms with van der Waals surface area (Å²) in [6.45, 7) is 2.62. The van der Waals surface area contributed by atoms with Gasteiger partial charge in [0, 0.05) is 18.8 Å². The van der Waals surface area contributed by atoms with Gasteiger partial charge in [-0.25, -0.2) is 9.80 Å². The highest BCUT2D eigenvalue weighted by atomic mass is 19.4. The van der Waals surface area contributed by atoms with Crippen molar-refractivity contribution in [2.24, 2.45) is 11.7 Å². The average molecular weight is 435 g/mol. The van der Waals surface area contributed by atoms with Gasteiger partial charge in [-0.1, -0.05) is 25.1 Å². The first-order valence-corrected chi connectivity index (χ1v) is 9.87. The largest absolute Gasteiger partial charge is 0.416 e. The van der Waals surface area contributed by atoms with E-state index >= 15 is 0 Å². The van der Waals surface area contributed by atoms with Gasteiger partial charge in [-0.2, -0.15) is 13.2 Å². The van der Waals surface area contributed by atoms with Gasteiger partial charge in [0.15, 0.2) is 0 Å². The molecule has 0 unspecified atom stereocenters. The van der Waals surface area contributed by atoms with Crippen LogP contribution >= 0.6 is 0 Å². The number of halogens is 3. The molecule has 166 valence electrons. The minimum absolute atomic E-state index is 0.152. The van der Waals surface area contributed by atoms with E-state index in [0.29, 0.717) is 30.1 Å². The van der Waals surface area contributed by atoms with Gasteiger partial charge in [-0.05, 0) is 42.9 Å². The molecule has 1 aromatic heterocycles. The molecule has 0 bridgehead atoms. The van der Waals surface area contributed by atoms with E-state index in [1.807, 2.05) is 6.92 Å². The standard InChI is InChI=1S/C21H24F3N5O2/c1-13-5-6-18(8-14-3-2-4-16(7-14)21(22,23)24)29(12-13)28-20(31)27-17-9-15(19(25)30)10-26-11-17/h2-4,7,9-11,13,18H,5-6,8,12H2,1H3,(H2,25,30)(H2,27,28,31)/t13-,18+/m0/s1. The first-order chi connectivity index (χ1) is 14.6. The number of primary amides is 1. The maximum absolute atomic E-state index is 13.0. The molecular formula is C21H24F3N5O2. The van der Waals surface area contributed by atoms with Crippen LogP contribution in [0.1, 0.15) is 41.3 Å². The van der Waals surface area contributed by atoms with Gasteiger partial charge in [0.1, 0.15) is 0 Å². The molecular weight excluding hydrogens is 411 g/mol. The number of carbonyl (C=O) groups excluding carboxylic acids is 2. The van der Waals surface area contributed by atoms with Crippen LogP contribution in [0.4, 0.5) is 23.7 Å². The van der Waals surface area contributed by atoms with Gasteiger partial charge >= 0.3 is 12.2 Å². The second-order valence-corrected chi connectivity index (χ2v) is 7.78. The minimum atomic E-state index is -4.40. The zero-order valence-corrected chi connectivity index (χ0v) is 16.9. The Morgan fingerprint density at radius 2 is 2.00 bits per heavy atom. The quantitative estimate of drug-likeness (QED) is 0.668. The van der Waals surface area contributed by atoms with Crippen LogP contribution in [0.25, 0.3) is 0 Å². The molecule has 2 heterocycles. The average Bonchev–Trinajstić information content (AvgIpc) is 2.70. The third kappa shape index (κ3) is 6.17. The van der Waals surface area contributed by atoms with E-state index in [9.17, 15) is 22.8 Å². The number of pyridine rings is 1. The molecule has 0 aliphatic carbocycles. The minimum Gasteiger partial charge on any atom is -0.366 e. The Morgan fingerprint density at radius 1 is 1.23 bits per heavy atom. The Kier molecular flexibility index (Phi) is 6.79. The molecule has 1 saturated heterocycles. The molecule has 3 rings (SSSR count). The number of carbonyl (C=O) groups is 2. The van der Waals surface area contributed by atoms with Crippen molar-refractivity contribution >= 4 is 17.6 Å². The van der Waals surface area contributed by atoms with Crippen LogP contribution in [0.2, 0.25) is 0 Å². The van der Waals surface area contributed by atoms with Crippen LogP contribution in [0.3, 0.4) is 0 Å². The molecule has 1 fully saturated rings. The van der Waals surface area contributed by atoms with Crippen LogP contribution in [0.5, 0.6) is 0 Å². The van der Waals surface area contributed by atoms with Crippen molar-refractivity contribution in [3.63, 3.8) is 0 Å². The van der Waals surface area contributed by atoms with Crippen LogP contribution in [-0.2, 0) is 12.6 Å². The van der Waals surface area contributed by atoms with Crippen LogP contribution < -0.4 is 16.5 Å². The lowest BCUT2D eigenvalue weighted by Gasteiger charge is -2.38. The fraction of sp³-hybridized carbons (Fsp3) is 0.381. The van der Waals surface area contributed by atoms with E-state index in [-0.39, 0.29) is 11.6 Å². The predicted octanol–water partition coefficient (Wildman–Crippen LogP) is 3.58. The molecule has 2 atom stereocenters. The molecule has 7 nitrogen and oxygen atoms in total. The summed E-state index contributed by atoms with van der Waals surface area (Å²) in [5, 5.41) is 4.36.